The maximum atomic E-state index is 5.60. The van der Waals surface area contributed by atoms with Crippen molar-refractivity contribution >= 4 is 17.3 Å². The van der Waals surface area contributed by atoms with Gasteiger partial charge in [-0.1, -0.05) is 0 Å². The molecule has 1 atom stereocenters. The van der Waals surface area contributed by atoms with Gasteiger partial charge in [0.15, 0.2) is 0 Å². The molecule has 6 N–H and O–H groups in total. The largest absolute Gasteiger partial charge is 0.396 e. The number of pyridine rings is 1. The number of rotatable bonds is 3. The van der Waals surface area contributed by atoms with Crippen LogP contribution in [0.2, 0.25) is 0 Å². The third kappa shape index (κ3) is 2.02. The second kappa shape index (κ2) is 4.05. The summed E-state index contributed by atoms with van der Waals surface area (Å²) < 4.78 is 0. The highest BCUT2D eigenvalue weighted by Gasteiger charge is 2.09. The third-order valence-electron chi connectivity index (χ3n) is 2.17. The zero-order valence-electron chi connectivity index (χ0n) is 8.81. The van der Waals surface area contributed by atoms with Crippen LogP contribution >= 0.6 is 0 Å². The molecule has 2 aromatic rings. The van der Waals surface area contributed by atoms with Crippen LogP contribution in [0.3, 0.4) is 0 Å². The molecule has 84 valence electrons. The average molecular weight is 219 g/mol. The van der Waals surface area contributed by atoms with Crippen LogP contribution < -0.4 is 16.8 Å². The predicted molar refractivity (Wildman–Crippen MR) is 61.5 cm³/mol. The number of hydrogen-bond donors (Lipinski definition) is 4. The van der Waals surface area contributed by atoms with Gasteiger partial charge in [0.2, 0.25) is 0 Å². The first-order valence-corrected chi connectivity index (χ1v) is 4.80. The molecule has 0 aromatic carbocycles. The Labute approximate surface area is 92.3 Å². The molecule has 0 spiro atoms. The van der Waals surface area contributed by atoms with Gasteiger partial charge >= 0.3 is 0 Å². The average Bonchev–Trinajstić information content (AvgIpc) is 2.77. The molecule has 1 unspecified atom stereocenters. The lowest BCUT2D eigenvalue weighted by molar-refractivity contribution is 0.790. The number of hydrogen-bond acceptors (Lipinski definition) is 6. The molecule has 2 heterocycles. The van der Waals surface area contributed by atoms with Crippen molar-refractivity contribution in [1.29, 1.82) is 0 Å². The molecule has 0 aliphatic carbocycles. The summed E-state index contributed by atoms with van der Waals surface area (Å²) in [5.74, 6) is 1.70. The molecule has 0 saturated heterocycles. The fourth-order valence-electron chi connectivity index (χ4n) is 1.28. The van der Waals surface area contributed by atoms with E-state index in [9.17, 15) is 0 Å². The molecule has 7 heteroatoms. The molecule has 2 aromatic heterocycles. The van der Waals surface area contributed by atoms with Crippen molar-refractivity contribution < 1.29 is 0 Å². The SMILES string of the molecule is CC(Nc1ccc(N)c(N)n1)c1ncn[nH]1. The lowest BCUT2D eigenvalue weighted by Crippen LogP contribution is -2.10. The highest BCUT2D eigenvalue weighted by atomic mass is 15.2. The van der Waals surface area contributed by atoms with Gasteiger partial charge in [0.05, 0.1) is 11.7 Å². The molecular weight excluding hydrogens is 206 g/mol. The quantitative estimate of drug-likeness (QED) is 0.598. The molecule has 0 bridgehead atoms. The lowest BCUT2D eigenvalue weighted by Gasteiger charge is -2.12. The van der Waals surface area contributed by atoms with E-state index < -0.39 is 0 Å². The van der Waals surface area contributed by atoms with Gasteiger partial charge in [0, 0.05) is 0 Å². The number of H-pyrrole nitrogens is 1. The van der Waals surface area contributed by atoms with E-state index in [1.165, 1.54) is 6.33 Å². The monoisotopic (exact) mass is 219 g/mol. The third-order valence-corrected chi connectivity index (χ3v) is 2.17. The summed E-state index contributed by atoms with van der Waals surface area (Å²) in [6, 6.07) is 3.44. The van der Waals surface area contributed by atoms with Crippen molar-refractivity contribution in [2.75, 3.05) is 16.8 Å². The summed E-state index contributed by atoms with van der Waals surface area (Å²) in [6.07, 6.45) is 1.46. The number of nitrogens with zero attached hydrogens (tertiary/aromatic N) is 3. The molecule has 0 fully saturated rings. The van der Waals surface area contributed by atoms with Crippen LogP contribution in [0.5, 0.6) is 0 Å². The first kappa shape index (κ1) is 10.2. The van der Waals surface area contributed by atoms with E-state index in [1.54, 1.807) is 12.1 Å². The normalized spacial score (nSPS) is 12.3. The Bertz CT molecular complexity index is 465. The number of aromatic amines is 1. The van der Waals surface area contributed by atoms with Gasteiger partial charge in [-0.2, -0.15) is 5.10 Å². The molecular formula is C9H13N7. The Morgan fingerprint density at radius 2 is 2.19 bits per heavy atom. The summed E-state index contributed by atoms with van der Waals surface area (Å²) in [6.45, 7) is 1.94. The number of nitrogens with one attached hydrogen (secondary N) is 2. The minimum atomic E-state index is -0.0296. The van der Waals surface area contributed by atoms with Gasteiger partial charge in [0.1, 0.15) is 23.8 Å². The second-order valence-electron chi connectivity index (χ2n) is 3.41. The minimum Gasteiger partial charge on any atom is -0.396 e. The first-order chi connectivity index (χ1) is 7.66. The van der Waals surface area contributed by atoms with E-state index in [0.717, 1.165) is 5.82 Å². The zero-order chi connectivity index (χ0) is 11.5. The van der Waals surface area contributed by atoms with E-state index >= 15 is 0 Å². The topological polar surface area (TPSA) is 119 Å². The van der Waals surface area contributed by atoms with Crippen molar-refractivity contribution in [3.05, 3.63) is 24.3 Å². The maximum Gasteiger partial charge on any atom is 0.149 e. The number of nitrogens with two attached hydrogens (primary N) is 2. The molecule has 0 amide bonds. The minimum absolute atomic E-state index is 0.0296. The van der Waals surface area contributed by atoms with Crippen molar-refractivity contribution in [3.8, 4) is 0 Å². The van der Waals surface area contributed by atoms with Crippen molar-refractivity contribution in [3.63, 3.8) is 0 Å². The van der Waals surface area contributed by atoms with Crippen LogP contribution in [-0.4, -0.2) is 20.2 Å². The number of anilines is 3. The van der Waals surface area contributed by atoms with Gasteiger partial charge in [0.25, 0.3) is 0 Å². The van der Waals surface area contributed by atoms with Crippen LogP contribution in [-0.2, 0) is 0 Å². The van der Waals surface area contributed by atoms with Crippen molar-refractivity contribution in [2.24, 2.45) is 0 Å². The van der Waals surface area contributed by atoms with E-state index in [0.29, 0.717) is 17.3 Å². The van der Waals surface area contributed by atoms with Crippen molar-refractivity contribution in [1.82, 2.24) is 20.2 Å². The molecule has 7 nitrogen and oxygen atoms in total. The summed E-state index contributed by atoms with van der Waals surface area (Å²) in [5, 5.41) is 9.68. The molecule has 0 aliphatic heterocycles. The number of nitrogen functional groups attached to an aromatic ring is 2. The Hall–Kier alpha value is -2.31. The second-order valence-corrected chi connectivity index (χ2v) is 3.41. The summed E-state index contributed by atoms with van der Waals surface area (Å²) in [4.78, 5) is 8.14. The molecule has 2 rings (SSSR count). The fourth-order valence-corrected chi connectivity index (χ4v) is 1.28. The smallest absolute Gasteiger partial charge is 0.149 e. The predicted octanol–water partition coefficient (Wildman–Crippen LogP) is 0.537. The highest BCUT2D eigenvalue weighted by Crippen LogP contribution is 2.18. The Balaban J connectivity index is 2.12. The van der Waals surface area contributed by atoms with Crippen LogP contribution in [0.1, 0.15) is 18.8 Å². The summed E-state index contributed by atoms with van der Waals surface area (Å²) >= 11 is 0. The van der Waals surface area contributed by atoms with E-state index in [-0.39, 0.29) is 6.04 Å². The Morgan fingerprint density at radius 3 is 2.81 bits per heavy atom. The standard InChI is InChI=1S/C9H13N7/c1-5(9-12-4-13-16-9)14-7-3-2-6(10)8(11)15-7/h2-5H,10H2,1H3,(H3,11,14,15)(H,12,13,16). The van der Waals surface area contributed by atoms with E-state index in [2.05, 4.69) is 25.5 Å². The van der Waals surface area contributed by atoms with Crippen LogP contribution in [0, 0.1) is 0 Å². The van der Waals surface area contributed by atoms with Gasteiger partial charge in [-0.25, -0.2) is 9.97 Å². The molecule has 16 heavy (non-hydrogen) atoms. The van der Waals surface area contributed by atoms with Gasteiger partial charge in [-0.15, -0.1) is 0 Å². The van der Waals surface area contributed by atoms with Gasteiger partial charge in [-0.3, -0.25) is 5.10 Å². The molecule has 0 saturated carbocycles. The lowest BCUT2D eigenvalue weighted by atomic mass is 10.3. The Morgan fingerprint density at radius 1 is 1.38 bits per heavy atom. The summed E-state index contributed by atoms with van der Waals surface area (Å²) in [5.41, 5.74) is 11.6. The van der Waals surface area contributed by atoms with Crippen LogP contribution in [0.4, 0.5) is 17.3 Å². The first-order valence-electron chi connectivity index (χ1n) is 4.80. The number of aromatic nitrogens is 4. The van der Waals surface area contributed by atoms with E-state index in [1.807, 2.05) is 6.92 Å². The van der Waals surface area contributed by atoms with Gasteiger partial charge in [-0.05, 0) is 19.1 Å². The maximum absolute atomic E-state index is 5.60. The van der Waals surface area contributed by atoms with Gasteiger partial charge < -0.3 is 16.8 Å². The van der Waals surface area contributed by atoms with Crippen LogP contribution in [0.15, 0.2) is 18.5 Å². The zero-order valence-corrected chi connectivity index (χ0v) is 8.81. The highest BCUT2D eigenvalue weighted by molar-refractivity contribution is 5.61. The Kier molecular flexibility index (Phi) is 2.59. The van der Waals surface area contributed by atoms with Crippen molar-refractivity contribution in [2.45, 2.75) is 13.0 Å². The molecule has 0 aliphatic rings. The fraction of sp³-hybridized carbons (Fsp3) is 0.222. The van der Waals surface area contributed by atoms with E-state index in [4.69, 9.17) is 11.5 Å². The van der Waals surface area contributed by atoms with Crippen LogP contribution in [0.25, 0.3) is 0 Å². The summed E-state index contributed by atoms with van der Waals surface area (Å²) in [7, 11) is 0. The molecule has 0 radical (unpaired) electrons.